The van der Waals surface area contributed by atoms with Gasteiger partial charge in [-0.1, -0.05) is 19.1 Å². The number of hydrogen-bond acceptors (Lipinski definition) is 3. The van der Waals surface area contributed by atoms with Crippen LogP contribution in [0.3, 0.4) is 0 Å². The first-order valence-corrected chi connectivity index (χ1v) is 7.04. The van der Waals surface area contributed by atoms with Gasteiger partial charge in [0.2, 0.25) is 5.91 Å². The number of ether oxygens (including phenoxy) is 1. The lowest BCUT2D eigenvalue weighted by atomic mass is 9.95. The third-order valence-electron chi connectivity index (χ3n) is 3.60. The average molecular weight is 280 g/mol. The van der Waals surface area contributed by atoms with E-state index in [0.29, 0.717) is 5.92 Å². The molecule has 0 aliphatic carbocycles. The highest BCUT2D eigenvalue weighted by molar-refractivity contribution is 5.76. The van der Waals surface area contributed by atoms with E-state index in [1.807, 2.05) is 0 Å². The molecule has 4 nitrogen and oxygen atoms in total. The van der Waals surface area contributed by atoms with Crippen molar-refractivity contribution < 1.29 is 13.9 Å². The summed E-state index contributed by atoms with van der Waals surface area (Å²) < 4.78 is 18.6. The van der Waals surface area contributed by atoms with Crippen LogP contribution in [-0.4, -0.2) is 31.6 Å². The summed E-state index contributed by atoms with van der Waals surface area (Å²) in [6.45, 7) is 4.13. The summed E-state index contributed by atoms with van der Waals surface area (Å²) in [4.78, 5) is 11.8. The maximum Gasteiger partial charge on any atom is 0.223 e. The molecule has 0 saturated carbocycles. The number of benzene rings is 1. The Hall–Kier alpha value is -1.62. The Bertz CT molecular complexity index is 453. The average Bonchev–Trinajstić information content (AvgIpc) is 2.43. The number of carbonyl (C=O) groups excluding carboxylic acids is 1. The van der Waals surface area contributed by atoms with E-state index >= 15 is 0 Å². The first-order valence-electron chi connectivity index (χ1n) is 7.04. The van der Waals surface area contributed by atoms with Gasteiger partial charge in [0.25, 0.3) is 0 Å². The first kappa shape index (κ1) is 14.8. The van der Waals surface area contributed by atoms with Crippen molar-refractivity contribution in [3.63, 3.8) is 0 Å². The van der Waals surface area contributed by atoms with E-state index < -0.39 is 5.82 Å². The van der Waals surface area contributed by atoms with Gasteiger partial charge in [-0.25, -0.2) is 4.39 Å². The van der Waals surface area contributed by atoms with Crippen LogP contribution in [0.15, 0.2) is 24.3 Å². The van der Waals surface area contributed by atoms with Crippen molar-refractivity contribution in [3.05, 3.63) is 30.1 Å². The molecule has 1 fully saturated rings. The second-order valence-electron chi connectivity index (χ2n) is 5.17. The Morgan fingerprint density at radius 3 is 3.05 bits per heavy atom. The zero-order valence-corrected chi connectivity index (χ0v) is 11.7. The van der Waals surface area contributed by atoms with Crippen molar-refractivity contribution in [2.75, 3.05) is 19.7 Å². The summed E-state index contributed by atoms with van der Waals surface area (Å²) in [5.74, 6) is 0.209. The van der Waals surface area contributed by atoms with Crippen LogP contribution >= 0.6 is 0 Å². The molecule has 5 heteroatoms. The van der Waals surface area contributed by atoms with E-state index in [1.54, 1.807) is 18.2 Å². The van der Waals surface area contributed by atoms with E-state index in [1.165, 1.54) is 6.07 Å². The number of carbonyl (C=O) groups is 1. The zero-order chi connectivity index (χ0) is 14.4. The fourth-order valence-corrected chi connectivity index (χ4v) is 2.28. The topological polar surface area (TPSA) is 50.4 Å². The summed E-state index contributed by atoms with van der Waals surface area (Å²) in [6, 6.07) is 6.37. The normalized spacial score (nSPS) is 22.3. The van der Waals surface area contributed by atoms with E-state index in [4.69, 9.17) is 4.74 Å². The van der Waals surface area contributed by atoms with Crippen LogP contribution in [0.5, 0.6) is 5.75 Å². The number of amides is 1. The van der Waals surface area contributed by atoms with Crippen LogP contribution in [0, 0.1) is 11.7 Å². The van der Waals surface area contributed by atoms with Crippen molar-refractivity contribution in [2.24, 2.45) is 5.92 Å². The quantitative estimate of drug-likeness (QED) is 0.863. The summed E-state index contributed by atoms with van der Waals surface area (Å²) >= 11 is 0. The molecule has 1 aliphatic heterocycles. The Balaban J connectivity index is 1.71. The van der Waals surface area contributed by atoms with Crippen molar-refractivity contribution in [3.8, 4) is 5.75 Å². The number of para-hydroxylation sites is 1. The molecule has 1 aromatic carbocycles. The summed E-state index contributed by atoms with van der Waals surface area (Å²) in [6.07, 6.45) is 1.30. The predicted molar refractivity (Wildman–Crippen MR) is 75.1 cm³/mol. The van der Waals surface area contributed by atoms with Crippen molar-refractivity contribution >= 4 is 5.91 Å². The zero-order valence-electron chi connectivity index (χ0n) is 11.7. The molecule has 0 radical (unpaired) electrons. The van der Waals surface area contributed by atoms with Gasteiger partial charge in [0.15, 0.2) is 11.6 Å². The van der Waals surface area contributed by atoms with Gasteiger partial charge in [0.05, 0.1) is 13.0 Å². The Morgan fingerprint density at radius 2 is 2.30 bits per heavy atom. The molecule has 1 amide bonds. The van der Waals surface area contributed by atoms with Gasteiger partial charge in [0.1, 0.15) is 0 Å². The molecule has 0 bridgehead atoms. The van der Waals surface area contributed by atoms with E-state index in [2.05, 4.69) is 17.6 Å². The van der Waals surface area contributed by atoms with Crippen LogP contribution in [0.1, 0.15) is 19.8 Å². The largest absolute Gasteiger partial charge is 0.490 e. The van der Waals surface area contributed by atoms with Crippen LogP contribution < -0.4 is 15.4 Å². The van der Waals surface area contributed by atoms with Gasteiger partial charge in [-0.05, 0) is 31.0 Å². The molecule has 0 aromatic heterocycles. The molecule has 2 atom stereocenters. The smallest absolute Gasteiger partial charge is 0.223 e. The Labute approximate surface area is 118 Å². The van der Waals surface area contributed by atoms with Gasteiger partial charge >= 0.3 is 0 Å². The molecular weight excluding hydrogens is 259 g/mol. The molecule has 1 saturated heterocycles. The van der Waals surface area contributed by atoms with Crippen molar-refractivity contribution in [1.29, 1.82) is 0 Å². The number of hydrogen-bond donors (Lipinski definition) is 2. The lowest BCUT2D eigenvalue weighted by molar-refractivity contribution is -0.122. The minimum absolute atomic E-state index is 0.0538. The van der Waals surface area contributed by atoms with Gasteiger partial charge in [-0.3, -0.25) is 4.79 Å². The lowest BCUT2D eigenvalue weighted by Crippen LogP contribution is -2.50. The summed E-state index contributed by atoms with van der Waals surface area (Å²) in [5.41, 5.74) is 0. The third-order valence-corrected chi connectivity index (χ3v) is 3.60. The second kappa shape index (κ2) is 7.24. The number of piperidine rings is 1. The van der Waals surface area contributed by atoms with Gasteiger partial charge in [-0.2, -0.15) is 0 Å². The van der Waals surface area contributed by atoms with Gasteiger partial charge in [-0.15, -0.1) is 0 Å². The molecule has 1 aromatic rings. The molecule has 1 heterocycles. The van der Waals surface area contributed by atoms with Gasteiger partial charge in [0, 0.05) is 12.6 Å². The fraction of sp³-hybridized carbons (Fsp3) is 0.533. The van der Waals surface area contributed by atoms with Crippen LogP contribution in [0.2, 0.25) is 0 Å². The molecule has 110 valence electrons. The minimum atomic E-state index is -0.405. The number of rotatable bonds is 5. The fourth-order valence-electron chi connectivity index (χ4n) is 2.28. The highest BCUT2D eigenvalue weighted by Crippen LogP contribution is 2.15. The lowest BCUT2D eigenvalue weighted by Gasteiger charge is -2.30. The molecule has 1 aliphatic rings. The van der Waals surface area contributed by atoms with E-state index in [-0.39, 0.29) is 30.7 Å². The standard InChI is InChI=1S/C15H21FN2O2/c1-11-6-8-17-10-13(11)18-15(19)7-9-20-14-5-3-2-4-12(14)16/h2-5,11,13,17H,6-10H2,1H3,(H,18,19). The minimum Gasteiger partial charge on any atom is -0.490 e. The highest BCUT2D eigenvalue weighted by Gasteiger charge is 2.22. The molecule has 20 heavy (non-hydrogen) atoms. The Morgan fingerprint density at radius 1 is 1.50 bits per heavy atom. The van der Waals surface area contributed by atoms with Crippen LogP contribution in [0.4, 0.5) is 4.39 Å². The van der Waals surface area contributed by atoms with E-state index in [9.17, 15) is 9.18 Å². The molecule has 2 rings (SSSR count). The summed E-state index contributed by atoms with van der Waals surface area (Å²) in [7, 11) is 0. The monoisotopic (exact) mass is 280 g/mol. The molecule has 0 spiro atoms. The maximum atomic E-state index is 13.3. The van der Waals surface area contributed by atoms with Crippen molar-refractivity contribution in [1.82, 2.24) is 10.6 Å². The maximum absolute atomic E-state index is 13.3. The predicted octanol–water partition coefficient (Wildman–Crippen LogP) is 1.71. The Kier molecular flexibility index (Phi) is 5.35. The first-order chi connectivity index (χ1) is 9.66. The van der Waals surface area contributed by atoms with E-state index in [0.717, 1.165) is 19.5 Å². The molecular formula is C15H21FN2O2. The van der Waals surface area contributed by atoms with Gasteiger partial charge < -0.3 is 15.4 Å². The summed E-state index contributed by atoms with van der Waals surface area (Å²) in [5, 5.41) is 6.26. The van der Waals surface area contributed by atoms with Crippen LogP contribution in [-0.2, 0) is 4.79 Å². The van der Waals surface area contributed by atoms with Crippen LogP contribution in [0.25, 0.3) is 0 Å². The van der Waals surface area contributed by atoms with Crippen molar-refractivity contribution in [2.45, 2.75) is 25.8 Å². The number of nitrogens with one attached hydrogen (secondary N) is 2. The molecule has 2 N–H and O–H groups in total. The number of halogens is 1. The second-order valence-corrected chi connectivity index (χ2v) is 5.17. The third kappa shape index (κ3) is 4.20. The SMILES string of the molecule is CC1CCNCC1NC(=O)CCOc1ccccc1F. The molecule has 2 unspecified atom stereocenters. The highest BCUT2D eigenvalue weighted by atomic mass is 19.1.